The van der Waals surface area contributed by atoms with Crippen LogP contribution in [0.25, 0.3) is 0 Å². The SMILES string of the molecule is CC(=O)N(C)C1CCN(S(=O)(=O)c2ccccc2Cl)CC1. The van der Waals surface area contributed by atoms with Crippen LogP contribution in [-0.2, 0) is 14.8 Å². The van der Waals surface area contributed by atoms with Crippen molar-refractivity contribution in [3.63, 3.8) is 0 Å². The van der Waals surface area contributed by atoms with Gasteiger partial charge in [-0.25, -0.2) is 8.42 Å². The summed E-state index contributed by atoms with van der Waals surface area (Å²) in [7, 11) is -1.81. The highest BCUT2D eigenvalue weighted by Crippen LogP contribution is 2.27. The molecule has 0 saturated carbocycles. The molecule has 1 aliphatic heterocycles. The highest BCUT2D eigenvalue weighted by Gasteiger charge is 2.32. The Morgan fingerprint density at radius 3 is 2.38 bits per heavy atom. The molecule has 1 fully saturated rings. The molecule has 0 aromatic heterocycles. The lowest BCUT2D eigenvalue weighted by Gasteiger charge is -2.35. The Hall–Kier alpha value is -1.11. The number of rotatable bonds is 3. The second kappa shape index (κ2) is 6.34. The molecule has 116 valence electrons. The lowest BCUT2D eigenvalue weighted by Crippen LogP contribution is -2.46. The Labute approximate surface area is 130 Å². The number of piperidine rings is 1. The van der Waals surface area contributed by atoms with Crippen molar-refractivity contribution in [2.45, 2.75) is 30.7 Å². The molecular formula is C14H19ClN2O3S. The van der Waals surface area contributed by atoms with Crippen LogP contribution in [0.4, 0.5) is 0 Å². The van der Waals surface area contributed by atoms with E-state index in [4.69, 9.17) is 11.6 Å². The van der Waals surface area contributed by atoms with Crippen molar-refractivity contribution in [2.75, 3.05) is 20.1 Å². The number of amides is 1. The zero-order chi connectivity index (χ0) is 15.6. The van der Waals surface area contributed by atoms with E-state index in [1.54, 1.807) is 30.1 Å². The van der Waals surface area contributed by atoms with E-state index < -0.39 is 10.0 Å². The molecule has 0 radical (unpaired) electrons. The van der Waals surface area contributed by atoms with E-state index in [0.717, 1.165) is 0 Å². The first kappa shape index (κ1) is 16.3. The summed E-state index contributed by atoms with van der Waals surface area (Å²) in [5.74, 6) is 0.00223. The second-order valence-electron chi connectivity index (χ2n) is 5.20. The maximum atomic E-state index is 12.6. The van der Waals surface area contributed by atoms with E-state index in [0.29, 0.717) is 25.9 Å². The summed E-state index contributed by atoms with van der Waals surface area (Å²) in [6.45, 7) is 2.32. The zero-order valence-electron chi connectivity index (χ0n) is 12.1. The maximum Gasteiger partial charge on any atom is 0.244 e. The van der Waals surface area contributed by atoms with E-state index in [1.165, 1.54) is 17.3 Å². The smallest absolute Gasteiger partial charge is 0.244 e. The summed E-state index contributed by atoms with van der Waals surface area (Å²) in [6.07, 6.45) is 1.28. The molecule has 1 saturated heterocycles. The third kappa shape index (κ3) is 3.39. The van der Waals surface area contributed by atoms with Crippen molar-refractivity contribution in [3.05, 3.63) is 29.3 Å². The highest BCUT2D eigenvalue weighted by atomic mass is 35.5. The minimum absolute atomic E-state index is 0.00223. The van der Waals surface area contributed by atoms with Crippen molar-refractivity contribution in [1.82, 2.24) is 9.21 Å². The monoisotopic (exact) mass is 330 g/mol. The van der Waals surface area contributed by atoms with Gasteiger partial charge in [-0.15, -0.1) is 0 Å². The van der Waals surface area contributed by atoms with Gasteiger partial charge in [-0.1, -0.05) is 23.7 Å². The second-order valence-corrected chi connectivity index (χ2v) is 7.51. The molecule has 0 atom stereocenters. The number of hydrogen-bond donors (Lipinski definition) is 0. The Bertz CT molecular complexity index is 625. The van der Waals surface area contributed by atoms with Crippen LogP contribution in [-0.4, -0.2) is 49.7 Å². The van der Waals surface area contributed by atoms with Gasteiger partial charge >= 0.3 is 0 Å². The van der Waals surface area contributed by atoms with Gasteiger partial charge in [-0.05, 0) is 25.0 Å². The molecule has 0 aliphatic carbocycles. The minimum atomic E-state index is -3.56. The topological polar surface area (TPSA) is 57.7 Å². The van der Waals surface area contributed by atoms with Gasteiger partial charge in [0.2, 0.25) is 15.9 Å². The van der Waals surface area contributed by atoms with Crippen LogP contribution in [0.5, 0.6) is 0 Å². The van der Waals surface area contributed by atoms with Gasteiger partial charge in [-0.3, -0.25) is 4.79 Å². The van der Waals surface area contributed by atoms with Crippen LogP contribution >= 0.6 is 11.6 Å². The normalized spacial score (nSPS) is 17.7. The number of nitrogens with zero attached hydrogens (tertiary/aromatic N) is 2. The van der Waals surface area contributed by atoms with Crippen molar-refractivity contribution >= 4 is 27.5 Å². The third-order valence-electron chi connectivity index (χ3n) is 3.92. The molecule has 0 N–H and O–H groups in total. The average molecular weight is 331 g/mol. The molecule has 1 amide bonds. The van der Waals surface area contributed by atoms with Gasteiger partial charge in [0, 0.05) is 33.1 Å². The van der Waals surface area contributed by atoms with Crippen molar-refractivity contribution in [2.24, 2.45) is 0 Å². The molecule has 1 heterocycles. The molecule has 1 aromatic carbocycles. The fraction of sp³-hybridized carbons (Fsp3) is 0.500. The van der Waals surface area contributed by atoms with Crippen LogP contribution in [0.3, 0.4) is 0 Å². The van der Waals surface area contributed by atoms with Gasteiger partial charge in [-0.2, -0.15) is 4.31 Å². The third-order valence-corrected chi connectivity index (χ3v) is 6.32. The molecule has 0 unspecified atom stereocenters. The molecule has 2 rings (SSSR count). The molecule has 1 aliphatic rings. The van der Waals surface area contributed by atoms with Gasteiger partial charge in [0.25, 0.3) is 0 Å². The molecule has 0 bridgehead atoms. The van der Waals surface area contributed by atoms with Crippen LogP contribution in [0.1, 0.15) is 19.8 Å². The predicted molar refractivity (Wildman–Crippen MR) is 81.7 cm³/mol. The highest BCUT2D eigenvalue weighted by molar-refractivity contribution is 7.89. The zero-order valence-corrected chi connectivity index (χ0v) is 13.7. The van der Waals surface area contributed by atoms with Crippen molar-refractivity contribution < 1.29 is 13.2 Å². The minimum Gasteiger partial charge on any atom is -0.343 e. The van der Waals surface area contributed by atoms with Gasteiger partial charge in [0.15, 0.2) is 0 Å². The van der Waals surface area contributed by atoms with E-state index in [2.05, 4.69) is 0 Å². The van der Waals surface area contributed by atoms with Gasteiger partial charge in [0.05, 0.1) is 5.02 Å². The molecule has 1 aromatic rings. The van der Waals surface area contributed by atoms with E-state index >= 15 is 0 Å². The first-order valence-corrected chi connectivity index (χ1v) is 8.64. The van der Waals surface area contributed by atoms with Crippen LogP contribution in [0, 0.1) is 0 Å². The molecule has 0 spiro atoms. The predicted octanol–water partition coefficient (Wildman–Crippen LogP) is 1.97. The summed E-state index contributed by atoms with van der Waals surface area (Å²) in [6, 6.07) is 6.56. The number of carbonyl (C=O) groups excluding carboxylic acids is 1. The largest absolute Gasteiger partial charge is 0.343 e. The number of halogens is 1. The Balaban J connectivity index is 2.12. The quantitative estimate of drug-likeness (QED) is 0.851. The fourth-order valence-corrected chi connectivity index (χ4v) is 4.48. The van der Waals surface area contributed by atoms with Crippen LogP contribution in [0.2, 0.25) is 5.02 Å². The molecule has 21 heavy (non-hydrogen) atoms. The molecular weight excluding hydrogens is 312 g/mol. The van der Waals surface area contributed by atoms with Crippen LogP contribution in [0.15, 0.2) is 29.2 Å². The summed E-state index contributed by atoms with van der Waals surface area (Å²) in [4.78, 5) is 13.2. The average Bonchev–Trinajstić information content (AvgIpc) is 2.46. The molecule has 7 heteroatoms. The number of carbonyl (C=O) groups is 1. The van der Waals surface area contributed by atoms with E-state index in [1.807, 2.05) is 0 Å². The fourth-order valence-electron chi connectivity index (χ4n) is 2.52. The van der Waals surface area contributed by atoms with Gasteiger partial charge < -0.3 is 4.90 Å². The lowest BCUT2D eigenvalue weighted by molar-refractivity contribution is -0.130. The summed E-state index contributed by atoms with van der Waals surface area (Å²) in [5, 5.41) is 0.237. The summed E-state index contributed by atoms with van der Waals surface area (Å²) >= 11 is 5.99. The summed E-state index contributed by atoms with van der Waals surface area (Å²) in [5.41, 5.74) is 0. The number of hydrogen-bond acceptors (Lipinski definition) is 3. The summed E-state index contributed by atoms with van der Waals surface area (Å²) < 4.78 is 26.6. The number of sulfonamides is 1. The lowest BCUT2D eigenvalue weighted by atomic mass is 10.1. The van der Waals surface area contributed by atoms with E-state index in [-0.39, 0.29) is 21.9 Å². The van der Waals surface area contributed by atoms with Crippen LogP contribution < -0.4 is 0 Å². The number of benzene rings is 1. The van der Waals surface area contributed by atoms with Crippen molar-refractivity contribution in [3.8, 4) is 0 Å². The Morgan fingerprint density at radius 2 is 1.86 bits per heavy atom. The standard InChI is InChI=1S/C14H19ClN2O3S/c1-11(18)16(2)12-7-9-17(10-8-12)21(19,20)14-6-4-3-5-13(14)15/h3-6,12H,7-10H2,1-2H3. The molecule has 5 nitrogen and oxygen atoms in total. The van der Waals surface area contributed by atoms with E-state index in [9.17, 15) is 13.2 Å². The van der Waals surface area contributed by atoms with Crippen molar-refractivity contribution in [1.29, 1.82) is 0 Å². The van der Waals surface area contributed by atoms with Gasteiger partial charge in [0.1, 0.15) is 4.90 Å². The first-order valence-electron chi connectivity index (χ1n) is 6.82. The maximum absolute atomic E-state index is 12.6. The first-order chi connectivity index (χ1) is 9.84. The Morgan fingerprint density at radius 1 is 1.29 bits per heavy atom. The Kier molecular flexibility index (Phi) is 4.91.